The summed E-state index contributed by atoms with van der Waals surface area (Å²) >= 11 is 0. The molecular weight excluding hydrogens is 298 g/mol. The normalized spacial score (nSPS) is 11.4. The highest BCUT2D eigenvalue weighted by Crippen LogP contribution is 2.30. The van der Waals surface area contributed by atoms with E-state index in [1.54, 1.807) is 6.07 Å². The van der Waals surface area contributed by atoms with E-state index >= 15 is 0 Å². The predicted molar refractivity (Wildman–Crippen MR) is 92.5 cm³/mol. The Morgan fingerprint density at radius 3 is 2.50 bits per heavy atom. The minimum Gasteiger partial charge on any atom is -0.507 e. The molecule has 0 aromatic heterocycles. The topological polar surface area (TPSA) is 55.5 Å². The van der Waals surface area contributed by atoms with Crippen LogP contribution in [0.25, 0.3) is 0 Å². The lowest BCUT2D eigenvalue weighted by atomic mass is 10.0. The third kappa shape index (κ3) is 5.10. The molecule has 0 fully saturated rings. The average Bonchev–Trinajstić information content (AvgIpc) is 2.45. The Bertz CT molecular complexity index is 614. The SMILES string of the molecule is C=C(C)C[C@H](N)c1ccc(OCc2ccccc2)cc1O.Cl. The Kier molecular flexibility index (Phi) is 6.96. The molecule has 0 saturated carbocycles. The molecule has 0 spiro atoms. The van der Waals surface area contributed by atoms with Gasteiger partial charge in [0.1, 0.15) is 18.1 Å². The number of rotatable bonds is 6. The van der Waals surface area contributed by atoms with Gasteiger partial charge in [-0.15, -0.1) is 19.0 Å². The van der Waals surface area contributed by atoms with Crippen LogP contribution in [-0.2, 0) is 6.61 Å². The maximum absolute atomic E-state index is 10.1. The molecule has 118 valence electrons. The van der Waals surface area contributed by atoms with Crippen LogP contribution in [0.1, 0.15) is 30.5 Å². The summed E-state index contributed by atoms with van der Waals surface area (Å²) in [7, 11) is 0. The molecule has 0 bridgehead atoms. The van der Waals surface area contributed by atoms with Crippen LogP contribution in [0.5, 0.6) is 11.5 Å². The van der Waals surface area contributed by atoms with Gasteiger partial charge in [0.25, 0.3) is 0 Å². The van der Waals surface area contributed by atoms with Crippen LogP contribution in [-0.4, -0.2) is 5.11 Å². The maximum atomic E-state index is 10.1. The number of benzene rings is 2. The fourth-order valence-electron chi connectivity index (χ4n) is 2.15. The summed E-state index contributed by atoms with van der Waals surface area (Å²) in [5, 5.41) is 10.1. The van der Waals surface area contributed by atoms with E-state index in [2.05, 4.69) is 6.58 Å². The van der Waals surface area contributed by atoms with Crippen molar-refractivity contribution in [3.05, 3.63) is 71.8 Å². The lowest BCUT2D eigenvalue weighted by Gasteiger charge is -2.15. The van der Waals surface area contributed by atoms with Crippen molar-refractivity contribution in [3.63, 3.8) is 0 Å². The third-order valence-corrected chi connectivity index (χ3v) is 3.22. The Labute approximate surface area is 137 Å². The van der Waals surface area contributed by atoms with E-state index < -0.39 is 0 Å². The van der Waals surface area contributed by atoms with Gasteiger partial charge in [-0.05, 0) is 25.0 Å². The van der Waals surface area contributed by atoms with Crippen LogP contribution >= 0.6 is 12.4 Å². The van der Waals surface area contributed by atoms with Gasteiger partial charge in [0, 0.05) is 17.7 Å². The van der Waals surface area contributed by atoms with E-state index in [9.17, 15) is 5.11 Å². The molecule has 0 heterocycles. The lowest BCUT2D eigenvalue weighted by Crippen LogP contribution is -2.10. The molecule has 2 aromatic rings. The van der Waals surface area contributed by atoms with E-state index in [0.29, 0.717) is 24.3 Å². The molecule has 0 unspecified atom stereocenters. The van der Waals surface area contributed by atoms with Gasteiger partial charge in [-0.1, -0.05) is 42.0 Å². The molecular formula is C18H22ClNO2. The van der Waals surface area contributed by atoms with Crippen molar-refractivity contribution in [1.29, 1.82) is 0 Å². The highest BCUT2D eigenvalue weighted by Gasteiger charge is 2.12. The zero-order chi connectivity index (χ0) is 15.2. The summed E-state index contributed by atoms with van der Waals surface area (Å²) in [5.74, 6) is 0.789. The van der Waals surface area contributed by atoms with Gasteiger partial charge in [-0.3, -0.25) is 0 Å². The largest absolute Gasteiger partial charge is 0.507 e. The molecule has 3 nitrogen and oxygen atoms in total. The second kappa shape index (κ2) is 8.47. The van der Waals surface area contributed by atoms with Gasteiger partial charge < -0.3 is 15.6 Å². The Morgan fingerprint density at radius 1 is 1.23 bits per heavy atom. The Balaban J connectivity index is 0.00000242. The average molecular weight is 320 g/mol. The van der Waals surface area contributed by atoms with Gasteiger partial charge in [0.2, 0.25) is 0 Å². The van der Waals surface area contributed by atoms with Crippen LogP contribution in [0.15, 0.2) is 60.7 Å². The summed E-state index contributed by atoms with van der Waals surface area (Å²) < 4.78 is 5.67. The molecule has 4 heteroatoms. The number of phenols is 1. The quantitative estimate of drug-likeness (QED) is 0.778. The fraction of sp³-hybridized carbons (Fsp3) is 0.222. The van der Waals surface area contributed by atoms with E-state index in [1.807, 2.05) is 49.4 Å². The van der Waals surface area contributed by atoms with Gasteiger partial charge >= 0.3 is 0 Å². The molecule has 0 saturated heterocycles. The number of ether oxygens (including phenoxy) is 1. The molecule has 2 rings (SSSR count). The van der Waals surface area contributed by atoms with E-state index in [1.165, 1.54) is 0 Å². The van der Waals surface area contributed by atoms with Crippen molar-refractivity contribution < 1.29 is 9.84 Å². The van der Waals surface area contributed by atoms with Crippen molar-refractivity contribution in [2.75, 3.05) is 0 Å². The minimum atomic E-state index is -0.245. The minimum absolute atomic E-state index is 0. The fourth-order valence-corrected chi connectivity index (χ4v) is 2.15. The lowest BCUT2D eigenvalue weighted by molar-refractivity contribution is 0.304. The smallest absolute Gasteiger partial charge is 0.124 e. The number of phenolic OH excluding ortho intramolecular Hbond substituents is 1. The van der Waals surface area contributed by atoms with Crippen molar-refractivity contribution in [2.24, 2.45) is 5.73 Å². The molecule has 22 heavy (non-hydrogen) atoms. The standard InChI is InChI=1S/C18H21NO2.ClH/c1-13(2)10-17(19)16-9-8-15(11-18(16)20)21-12-14-6-4-3-5-7-14;/h3-9,11,17,20H,1,10,12,19H2,2H3;1H/t17-;/m0./s1. The van der Waals surface area contributed by atoms with Crippen molar-refractivity contribution >= 4 is 12.4 Å². The number of nitrogens with two attached hydrogens (primary N) is 1. The van der Waals surface area contributed by atoms with E-state index in [-0.39, 0.29) is 24.2 Å². The van der Waals surface area contributed by atoms with Gasteiger partial charge in [-0.25, -0.2) is 0 Å². The number of halogens is 1. The maximum Gasteiger partial charge on any atom is 0.124 e. The molecule has 0 aliphatic heterocycles. The summed E-state index contributed by atoms with van der Waals surface area (Å²) in [6, 6.07) is 14.9. The molecule has 0 radical (unpaired) electrons. The first-order valence-corrected chi connectivity index (χ1v) is 6.96. The zero-order valence-corrected chi connectivity index (χ0v) is 13.5. The summed E-state index contributed by atoms with van der Waals surface area (Å²) in [6.45, 7) is 6.24. The molecule has 0 aliphatic carbocycles. The first-order chi connectivity index (χ1) is 10.1. The van der Waals surface area contributed by atoms with Crippen LogP contribution in [0.3, 0.4) is 0 Å². The molecule has 1 atom stereocenters. The van der Waals surface area contributed by atoms with Crippen molar-refractivity contribution in [1.82, 2.24) is 0 Å². The molecule has 0 aliphatic rings. The summed E-state index contributed by atoms with van der Waals surface area (Å²) in [5.41, 5.74) is 8.84. The highest BCUT2D eigenvalue weighted by atomic mass is 35.5. The number of aromatic hydroxyl groups is 1. The van der Waals surface area contributed by atoms with Crippen LogP contribution in [0.2, 0.25) is 0 Å². The highest BCUT2D eigenvalue weighted by molar-refractivity contribution is 5.85. The molecule has 2 aromatic carbocycles. The van der Waals surface area contributed by atoms with Gasteiger partial charge in [-0.2, -0.15) is 0 Å². The Hall–Kier alpha value is -1.97. The van der Waals surface area contributed by atoms with Gasteiger partial charge in [0.05, 0.1) is 0 Å². The first kappa shape index (κ1) is 18.1. The van der Waals surface area contributed by atoms with Crippen molar-refractivity contribution in [2.45, 2.75) is 26.0 Å². The number of hydrogen-bond acceptors (Lipinski definition) is 3. The van der Waals surface area contributed by atoms with Crippen molar-refractivity contribution in [3.8, 4) is 11.5 Å². The summed E-state index contributed by atoms with van der Waals surface area (Å²) in [4.78, 5) is 0. The van der Waals surface area contributed by atoms with Crippen LogP contribution in [0, 0.1) is 0 Å². The van der Waals surface area contributed by atoms with E-state index in [0.717, 1.165) is 11.1 Å². The first-order valence-electron chi connectivity index (χ1n) is 6.96. The summed E-state index contributed by atoms with van der Waals surface area (Å²) in [6.07, 6.45) is 0.651. The van der Waals surface area contributed by atoms with E-state index in [4.69, 9.17) is 10.5 Å². The van der Waals surface area contributed by atoms with Gasteiger partial charge in [0.15, 0.2) is 0 Å². The molecule has 3 N–H and O–H groups in total. The zero-order valence-electron chi connectivity index (χ0n) is 12.7. The predicted octanol–water partition coefficient (Wildman–Crippen LogP) is 4.36. The van der Waals surface area contributed by atoms with Crippen LogP contribution in [0.4, 0.5) is 0 Å². The third-order valence-electron chi connectivity index (χ3n) is 3.22. The second-order valence-electron chi connectivity index (χ2n) is 5.26. The van der Waals surface area contributed by atoms with Crippen LogP contribution < -0.4 is 10.5 Å². The monoisotopic (exact) mass is 319 g/mol. The Morgan fingerprint density at radius 2 is 1.91 bits per heavy atom. The number of hydrogen-bond donors (Lipinski definition) is 2. The second-order valence-corrected chi connectivity index (χ2v) is 5.26. The molecule has 0 amide bonds.